The lowest BCUT2D eigenvalue weighted by molar-refractivity contribution is 0.219. The SMILES string of the molecule is Cc1c(C2C=C3C(CC2)C2C=CC(C4C=CC(C#N)=CC4)CC2C32C3=C(CCC=C3)Oc3ccccc32)nc(C2=CCCCC2)nc1C1CC=CCC1. The Morgan fingerprint density at radius 1 is 0.849 bits per heavy atom. The molecule has 7 aliphatic carbocycles. The summed E-state index contributed by atoms with van der Waals surface area (Å²) < 4.78 is 6.85. The summed E-state index contributed by atoms with van der Waals surface area (Å²) in [6.07, 6.45) is 40.9. The summed E-state index contributed by atoms with van der Waals surface area (Å²) in [6.45, 7) is 2.34. The van der Waals surface area contributed by atoms with Crippen LogP contribution in [0, 0.1) is 47.8 Å². The maximum Gasteiger partial charge on any atom is 0.155 e. The van der Waals surface area contributed by atoms with Gasteiger partial charge in [-0.3, -0.25) is 0 Å². The number of rotatable bonds is 4. The van der Waals surface area contributed by atoms with Crippen LogP contribution in [0.4, 0.5) is 0 Å². The summed E-state index contributed by atoms with van der Waals surface area (Å²) in [4.78, 5) is 11.0. The van der Waals surface area contributed by atoms with E-state index in [-0.39, 0.29) is 11.3 Å². The topological polar surface area (TPSA) is 58.8 Å². The van der Waals surface area contributed by atoms with Crippen LogP contribution in [0.3, 0.4) is 0 Å². The van der Waals surface area contributed by atoms with E-state index in [4.69, 9.17) is 14.7 Å². The first kappa shape index (κ1) is 33.1. The van der Waals surface area contributed by atoms with Crippen LogP contribution in [0.25, 0.3) is 5.57 Å². The number of hydrogen-bond donors (Lipinski definition) is 0. The second kappa shape index (κ2) is 13.4. The molecule has 4 heteroatoms. The molecule has 0 saturated heterocycles. The van der Waals surface area contributed by atoms with Crippen molar-refractivity contribution in [3.8, 4) is 11.8 Å². The fourth-order valence-corrected chi connectivity index (χ4v) is 11.9. The number of aromatic nitrogens is 2. The Labute approximate surface area is 315 Å². The molecule has 8 unspecified atom stereocenters. The van der Waals surface area contributed by atoms with Gasteiger partial charge in [0.25, 0.3) is 0 Å². The monoisotopic (exact) mass is 697 g/mol. The average molecular weight is 698 g/mol. The first-order valence-electron chi connectivity index (χ1n) is 20.7. The van der Waals surface area contributed by atoms with Crippen molar-refractivity contribution in [1.29, 1.82) is 5.26 Å². The van der Waals surface area contributed by atoms with Gasteiger partial charge in [0, 0.05) is 35.0 Å². The van der Waals surface area contributed by atoms with Crippen LogP contribution in [-0.2, 0) is 5.41 Å². The van der Waals surface area contributed by atoms with Gasteiger partial charge in [0.05, 0.1) is 22.9 Å². The van der Waals surface area contributed by atoms with Crippen LogP contribution in [0.15, 0.2) is 114 Å². The van der Waals surface area contributed by atoms with Crippen LogP contribution in [0.2, 0.25) is 0 Å². The molecular formula is C49H51N3O. The number of para-hydroxylation sites is 1. The molecule has 0 amide bonds. The molecule has 1 aromatic heterocycles. The molecule has 1 fully saturated rings. The molecule has 4 nitrogen and oxygen atoms in total. The number of allylic oxidation sites excluding steroid dienone is 16. The summed E-state index contributed by atoms with van der Waals surface area (Å²) in [6, 6.07) is 11.4. The van der Waals surface area contributed by atoms with Gasteiger partial charge in [0.2, 0.25) is 0 Å². The van der Waals surface area contributed by atoms with Gasteiger partial charge in [-0.1, -0.05) is 84.5 Å². The van der Waals surface area contributed by atoms with Gasteiger partial charge in [-0.25, -0.2) is 9.97 Å². The molecule has 1 aliphatic heterocycles. The molecule has 1 aromatic carbocycles. The van der Waals surface area contributed by atoms with E-state index >= 15 is 0 Å². The lowest BCUT2D eigenvalue weighted by Crippen LogP contribution is -2.42. The van der Waals surface area contributed by atoms with Gasteiger partial charge in [0.15, 0.2) is 5.82 Å². The average Bonchev–Trinajstić information content (AvgIpc) is 3.51. The van der Waals surface area contributed by atoms with E-state index in [1.54, 1.807) is 5.57 Å². The molecule has 1 spiro atoms. The third-order valence-electron chi connectivity index (χ3n) is 14.3. The van der Waals surface area contributed by atoms with E-state index in [9.17, 15) is 5.26 Å². The molecule has 0 bridgehead atoms. The Morgan fingerprint density at radius 3 is 2.60 bits per heavy atom. The van der Waals surface area contributed by atoms with Gasteiger partial charge in [0.1, 0.15) is 11.5 Å². The summed E-state index contributed by atoms with van der Waals surface area (Å²) in [5.74, 6) is 6.19. The highest BCUT2D eigenvalue weighted by atomic mass is 16.5. The lowest BCUT2D eigenvalue weighted by Gasteiger charge is -2.47. The molecular weight excluding hydrogens is 647 g/mol. The molecule has 10 rings (SSSR count). The highest BCUT2D eigenvalue weighted by Gasteiger charge is 2.62. The predicted octanol–water partition coefficient (Wildman–Crippen LogP) is 11.8. The largest absolute Gasteiger partial charge is 0.461 e. The summed E-state index contributed by atoms with van der Waals surface area (Å²) in [7, 11) is 0. The number of hydrogen-bond acceptors (Lipinski definition) is 4. The first-order valence-corrected chi connectivity index (χ1v) is 20.7. The molecule has 0 radical (unpaired) electrons. The van der Waals surface area contributed by atoms with Crippen molar-refractivity contribution in [3.63, 3.8) is 0 Å². The van der Waals surface area contributed by atoms with Gasteiger partial charge < -0.3 is 4.74 Å². The lowest BCUT2D eigenvalue weighted by atomic mass is 9.57. The smallest absolute Gasteiger partial charge is 0.155 e. The fourth-order valence-electron chi connectivity index (χ4n) is 11.9. The third-order valence-corrected chi connectivity index (χ3v) is 14.3. The quantitative estimate of drug-likeness (QED) is 0.298. The Hall–Kier alpha value is -4.49. The highest BCUT2D eigenvalue weighted by molar-refractivity contribution is 5.65. The van der Waals surface area contributed by atoms with Crippen LogP contribution in [-0.4, -0.2) is 9.97 Å². The minimum atomic E-state index is -0.239. The number of nitrogens with zero attached hydrogens (tertiary/aromatic N) is 3. The zero-order valence-corrected chi connectivity index (χ0v) is 31.1. The van der Waals surface area contributed by atoms with E-state index in [2.05, 4.69) is 104 Å². The number of ether oxygens (including phenoxy) is 1. The molecule has 53 heavy (non-hydrogen) atoms. The van der Waals surface area contributed by atoms with Crippen LogP contribution in [0.1, 0.15) is 124 Å². The van der Waals surface area contributed by atoms with Crippen molar-refractivity contribution in [3.05, 3.63) is 142 Å². The first-order chi connectivity index (χ1) is 26.1. The number of benzene rings is 1. The second-order valence-corrected chi connectivity index (χ2v) is 17.0. The van der Waals surface area contributed by atoms with Crippen LogP contribution < -0.4 is 4.74 Å². The van der Waals surface area contributed by atoms with Gasteiger partial charge in [-0.2, -0.15) is 5.26 Å². The Kier molecular flexibility index (Phi) is 8.38. The van der Waals surface area contributed by atoms with Crippen molar-refractivity contribution in [1.82, 2.24) is 9.97 Å². The third kappa shape index (κ3) is 5.36. The van der Waals surface area contributed by atoms with Crippen molar-refractivity contribution in [2.24, 2.45) is 29.6 Å². The molecule has 268 valence electrons. The highest BCUT2D eigenvalue weighted by Crippen LogP contribution is 2.69. The second-order valence-electron chi connectivity index (χ2n) is 17.0. The van der Waals surface area contributed by atoms with Crippen LogP contribution >= 0.6 is 0 Å². The minimum absolute atomic E-state index is 0.239. The number of nitriles is 1. The molecule has 0 N–H and O–H groups in total. The van der Waals surface area contributed by atoms with E-state index < -0.39 is 0 Å². The maximum atomic E-state index is 9.56. The molecule has 8 atom stereocenters. The standard InChI is InChI=1S/C49H51N3O/c1-31-46(34-12-4-2-5-13-34)51-48(35-14-6-3-7-15-35)52-47(31)37-25-27-39-38-26-24-36(33-22-20-32(30-50)21-23-33)28-42(38)49(43(39)29-37)40-16-8-10-18-44(40)53-45-19-11-9-17-41(45)49/h2,4,8-10,14,16-18,20-22,24,26,29,33-34,36-39,42H,3,5-7,11-13,15,19,23,25,27-28H2,1H3. The zero-order chi connectivity index (χ0) is 35.5. The van der Waals surface area contributed by atoms with Crippen molar-refractivity contribution in [2.75, 3.05) is 0 Å². The van der Waals surface area contributed by atoms with E-state index in [1.165, 1.54) is 65.1 Å². The normalized spacial score (nSPS) is 33.9. The Balaban J connectivity index is 1.14. The Morgan fingerprint density at radius 2 is 1.77 bits per heavy atom. The Bertz CT molecular complexity index is 2130. The van der Waals surface area contributed by atoms with E-state index in [1.807, 2.05) is 0 Å². The van der Waals surface area contributed by atoms with Crippen molar-refractivity contribution in [2.45, 2.75) is 108 Å². The maximum absolute atomic E-state index is 9.56. The molecule has 1 saturated carbocycles. The van der Waals surface area contributed by atoms with E-state index in [0.29, 0.717) is 35.5 Å². The molecule has 2 heterocycles. The van der Waals surface area contributed by atoms with Crippen LogP contribution in [0.5, 0.6) is 5.75 Å². The molecule has 2 aromatic rings. The molecule has 8 aliphatic rings. The fraction of sp³-hybridized carbons (Fsp3) is 0.449. The predicted molar refractivity (Wildman–Crippen MR) is 212 cm³/mol. The summed E-state index contributed by atoms with van der Waals surface area (Å²) in [5, 5.41) is 9.56. The van der Waals surface area contributed by atoms with E-state index in [0.717, 1.165) is 74.9 Å². The van der Waals surface area contributed by atoms with Gasteiger partial charge >= 0.3 is 0 Å². The number of fused-ring (bicyclic) bond motifs is 8. The van der Waals surface area contributed by atoms with Gasteiger partial charge in [-0.15, -0.1) is 0 Å². The summed E-state index contributed by atoms with van der Waals surface area (Å²) in [5.41, 5.74) is 10.2. The van der Waals surface area contributed by atoms with Crippen molar-refractivity contribution >= 4 is 5.57 Å². The van der Waals surface area contributed by atoms with Crippen molar-refractivity contribution < 1.29 is 4.74 Å². The zero-order valence-electron chi connectivity index (χ0n) is 31.1. The van der Waals surface area contributed by atoms with Gasteiger partial charge in [-0.05, 0) is 137 Å². The summed E-state index contributed by atoms with van der Waals surface area (Å²) >= 11 is 0. The minimum Gasteiger partial charge on any atom is -0.461 e.